The van der Waals surface area contributed by atoms with Crippen molar-refractivity contribution in [3.8, 4) is 0 Å². The molecule has 0 spiro atoms. The standard InChI is InChI=1S/C15H28N2O/c1-12(2)17(10-13-6-7-13)14(18)15(11-16)8-4-3-5-9-15/h12-13H,3-11,16H2,1-2H3. The summed E-state index contributed by atoms with van der Waals surface area (Å²) < 4.78 is 0. The summed E-state index contributed by atoms with van der Waals surface area (Å²) in [7, 11) is 0. The van der Waals surface area contributed by atoms with Crippen LogP contribution in [0.3, 0.4) is 0 Å². The lowest BCUT2D eigenvalue weighted by molar-refractivity contribution is -0.145. The third-order valence-corrected chi connectivity index (χ3v) is 4.69. The van der Waals surface area contributed by atoms with Crippen molar-refractivity contribution < 1.29 is 4.79 Å². The first-order valence-electron chi connectivity index (χ1n) is 7.60. The summed E-state index contributed by atoms with van der Waals surface area (Å²) in [5.41, 5.74) is 5.74. The molecule has 104 valence electrons. The highest BCUT2D eigenvalue weighted by Crippen LogP contribution is 2.39. The summed E-state index contributed by atoms with van der Waals surface area (Å²) in [6.45, 7) is 5.75. The van der Waals surface area contributed by atoms with Gasteiger partial charge in [-0.3, -0.25) is 4.79 Å². The smallest absolute Gasteiger partial charge is 0.230 e. The van der Waals surface area contributed by atoms with Crippen molar-refractivity contribution in [3.63, 3.8) is 0 Å². The number of nitrogens with zero attached hydrogens (tertiary/aromatic N) is 1. The Kier molecular flexibility index (Phi) is 4.31. The van der Waals surface area contributed by atoms with Gasteiger partial charge in [0.15, 0.2) is 0 Å². The van der Waals surface area contributed by atoms with Crippen LogP contribution >= 0.6 is 0 Å². The van der Waals surface area contributed by atoms with Crippen LogP contribution in [-0.4, -0.2) is 29.9 Å². The molecule has 2 rings (SSSR count). The Hall–Kier alpha value is -0.570. The van der Waals surface area contributed by atoms with E-state index in [9.17, 15) is 4.79 Å². The van der Waals surface area contributed by atoms with Crippen molar-refractivity contribution in [1.82, 2.24) is 4.90 Å². The van der Waals surface area contributed by atoms with E-state index < -0.39 is 0 Å². The van der Waals surface area contributed by atoms with Gasteiger partial charge >= 0.3 is 0 Å². The van der Waals surface area contributed by atoms with Gasteiger partial charge in [-0.1, -0.05) is 19.3 Å². The molecule has 2 N–H and O–H groups in total. The first-order chi connectivity index (χ1) is 8.59. The van der Waals surface area contributed by atoms with Crippen LogP contribution in [0.4, 0.5) is 0 Å². The number of amides is 1. The van der Waals surface area contributed by atoms with E-state index in [4.69, 9.17) is 5.73 Å². The SMILES string of the molecule is CC(C)N(CC1CC1)C(=O)C1(CN)CCCCC1. The molecule has 3 heteroatoms. The summed E-state index contributed by atoms with van der Waals surface area (Å²) in [5.74, 6) is 1.10. The molecule has 2 fully saturated rings. The Balaban J connectivity index is 2.08. The molecule has 0 unspecified atom stereocenters. The normalized spacial score (nSPS) is 23.1. The van der Waals surface area contributed by atoms with Crippen LogP contribution in [0, 0.1) is 11.3 Å². The molecular formula is C15H28N2O. The minimum absolute atomic E-state index is 0.239. The van der Waals surface area contributed by atoms with Crippen LogP contribution in [-0.2, 0) is 4.79 Å². The minimum atomic E-state index is -0.239. The maximum absolute atomic E-state index is 12.9. The first-order valence-corrected chi connectivity index (χ1v) is 7.60. The van der Waals surface area contributed by atoms with E-state index in [0.29, 0.717) is 18.5 Å². The number of carbonyl (C=O) groups excluding carboxylic acids is 1. The largest absolute Gasteiger partial charge is 0.339 e. The zero-order valence-corrected chi connectivity index (χ0v) is 12.0. The van der Waals surface area contributed by atoms with E-state index >= 15 is 0 Å². The van der Waals surface area contributed by atoms with Gasteiger partial charge < -0.3 is 10.6 Å². The molecule has 0 saturated heterocycles. The van der Waals surface area contributed by atoms with Crippen molar-refractivity contribution >= 4 is 5.91 Å². The van der Waals surface area contributed by atoms with E-state index in [1.165, 1.54) is 19.3 Å². The summed E-state index contributed by atoms with van der Waals surface area (Å²) >= 11 is 0. The van der Waals surface area contributed by atoms with Gasteiger partial charge in [0.2, 0.25) is 5.91 Å². The van der Waals surface area contributed by atoms with Crippen LogP contribution in [0.1, 0.15) is 58.8 Å². The highest BCUT2D eigenvalue weighted by atomic mass is 16.2. The number of carbonyl (C=O) groups is 1. The molecule has 18 heavy (non-hydrogen) atoms. The van der Waals surface area contributed by atoms with Gasteiger partial charge in [0.1, 0.15) is 0 Å². The fraction of sp³-hybridized carbons (Fsp3) is 0.933. The molecule has 3 nitrogen and oxygen atoms in total. The summed E-state index contributed by atoms with van der Waals surface area (Å²) in [4.78, 5) is 15.0. The van der Waals surface area contributed by atoms with E-state index in [1.807, 2.05) is 0 Å². The van der Waals surface area contributed by atoms with Crippen LogP contribution in [0.5, 0.6) is 0 Å². The lowest BCUT2D eigenvalue weighted by Crippen LogP contribution is -2.51. The van der Waals surface area contributed by atoms with E-state index in [1.54, 1.807) is 0 Å². The average Bonchev–Trinajstić information content (AvgIpc) is 3.19. The third kappa shape index (κ3) is 2.87. The molecule has 0 aromatic rings. The highest BCUT2D eigenvalue weighted by Gasteiger charge is 2.42. The van der Waals surface area contributed by atoms with Gasteiger partial charge in [0, 0.05) is 19.1 Å². The van der Waals surface area contributed by atoms with E-state index in [0.717, 1.165) is 38.1 Å². The topological polar surface area (TPSA) is 46.3 Å². The van der Waals surface area contributed by atoms with Gasteiger partial charge in [0.05, 0.1) is 5.41 Å². The van der Waals surface area contributed by atoms with Gasteiger partial charge in [-0.2, -0.15) is 0 Å². The number of rotatable bonds is 5. The number of nitrogens with two attached hydrogens (primary N) is 1. The molecule has 0 aromatic heterocycles. The van der Waals surface area contributed by atoms with E-state index in [-0.39, 0.29) is 5.41 Å². The zero-order valence-electron chi connectivity index (χ0n) is 12.0. The Morgan fingerprint density at radius 3 is 2.33 bits per heavy atom. The fourth-order valence-electron chi connectivity index (χ4n) is 3.15. The predicted octanol–water partition coefficient (Wildman–Crippen LogP) is 2.54. The summed E-state index contributed by atoms with van der Waals surface area (Å²) in [6, 6.07) is 0.309. The quantitative estimate of drug-likeness (QED) is 0.817. The highest BCUT2D eigenvalue weighted by molar-refractivity contribution is 5.83. The molecule has 0 radical (unpaired) electrons. The van der Waals surface area contributed by atoms with Crippen molar-refractivity contribution in [3.05, 3.63) is 0 Å². The van der Waals surface area contributed by atoms with Crippen LogP contribution in [0.25, 0.3) is 0 Å². The van der Waals surface area contributed by atoms with Crippen molar-refractivity contribution in [2.24, 2.45) is 17.1 Å². The van der Waals surface area contributed by atoms with Gasteiger partial charge in [0.25, 0.3) is 0 Å². The van der Waals surface area contributed by atoms with Crippen molar-refractivity contribution in [2.45, 2.75) is 64.8 Å². The van der Waals surface area contributed by atoms with Gasteiger partial charge in [-0.15, -0.1) is 0 Å². The second kappa shape index (κ2) is 5.60. The molecule has 2 saturated carbocycles. The molecule has 0 atom stereocenters. The van der Waals surface area contributed by atoms with Crippen molar-refractivity contribution in [2.75, 3.05) is 13.1 Å². The van der Waals surface area contributed by atoms with E-state index in [2.05, 4.69) is 18.7 Å². The Labute approximate surface area is 111 Å². The number of hydrogen-bond donors (Lipinski definition) is 1. The van der Waals surface area contributed by atoms with Crippen molar-refractivity contribution in [1.29, 1.82) is 0 Å². The number of hydrogen-bond acceptors (Lipinski definition) is 2. The molecule has 1 amide bonds. The Bertz CT molecular complexity index is 291. The minimum Gasteiger partial charge on any atom is -0.339 e. The third-order valence-electron chi connectivity index (χ3n) is 4.69. The molecule has 0 heterocycles. The lowest BCUT2D eigenvalue weighted by Gasteiger charge is -2.40. The molecule has 0 aromatic carbocycles. The summed E-state index contributed by atoms with van der Waals surface area (Å²) in [6.07, 6.45) is 8.18. The van der Waals surface area contributed by atoms with Gasteiger partial charge in [-0.05, 0) is 45.4 Å². The van der Waals surface area contributed by atoms with Crippen LogP contribution in [0.15, 0.2) is 0 Å². The first kappa shape index (κ1) is 13.9. The monoisotopic (exact) mass is 252 g/mol. The molecule has 0 aliphatic heterocycles. The fourth-order valence-corrected chi connectivity index (χ4v) is 3.15. The van der Waals surface area contributed by atoms with Crippen LogP contribution in [0.2, 0.25) is 0 Å². The second-order valence-electron chi connectivity index (χ2n) is 6.54. The lowest BCUT2D eigenvalue weighted by atomic mass is 9.73. The second-order valence-corrected chi connectivity index (χ2v) is 6.54. The Morgan fingerprint density at radius 2 is 1.89 bits per heavy atom. The molecular weight excluding hydrogens is 224 g/mol. The van der Waals surface area contributed by atoms with Crippen LogP contribution < -0.4 is 5.73 Å². The maximum Gasteiger partial charge on any atom is 0.230 e. The Morgan fingerprint density at radius 1 is 1.28 bits per heavy atom. The molecule has 0 bridgehead atoms. The van der Waals surface area contributed by atoms with Gasteiger partial charge in [-0.25, -0.2) is 0 Å². The molecule has 2 aliphatic carbocycles. The predicted molar refractivity (Wildman–Crippen MR) is 74.1 cm³/mol. The molecule has 2 aliphatic rings. The zero-order chi connectivity index (χ0) is 13.2. The summed E-state index contributed by atoms with van der Waals surface area (Å²) in [5, 5.41) is 0. The maximum atomic E-state index is 12.9. The average molecular weight is 252 g/mol.